The molecule has 1 aromatic rings. The number of nitrogens with zero attached hydrogens (tertiary/aromatic N) is 4. The molecule has 21 heavy (non-hydrogen) atoms. The van der Waals surface area contributed by atoms with Crippen molar-refractivity contribution in [1.29, 1.82) is 0 Å². The number of carboxylic acid groups (broad SMARTS) is 1. The van der Waals surface area contributed by atoms with E-state index in [0.717, 1.165) is 0 Å². The Labute approximate surface area is 120 Å². The molecule has 0 unspecified atom stereocenters. The molecule has 1 aliphatic heterocycles. The summed E-state index contributed by atoms with van der Waals surface area (Å²) in [6.45, 7) is 4.13. The van der Waals surface area contributed by atoms with Gasteiger partial charge in [0.05, 0.1) is 12.0 Å². The maximum absolute atomic E-state index is 12.0. The summed E-state index contributed by atoms with van der Waals surface area (Å²) in [7, 11) is 0. The summed E-state index contributed by atoms with van der Waals surface area (Å²) in [5.41, 5.74) is -1.22. The Bertz CT molecular complexity index is 580. The molecule has 0 saturated carbocycles. The average Bonchev–Trinajstić information content (AvgIpc) is 2.84. The molecule has 0 bridgehead atoms. The van der Waals surface area contributed by atoms with Crippen LogP contribution in [0.4, 0.5) is 4.79 Å². The summed E-state index contributed by atoms with van der Waals surface area (Å²) in [4.78, 5) is 36.1. The second-order valence-electron chi connectivity index (χ2n) is 5.58. The van der Waals surface area contributed by atoms with E-state index in [-0.39, 0.29) is 13.0 Å². The minimum absolute atomic E-state index is 0.265. The number of rotatable bonds is 3. The molecular weight excluding hydrogens is 278 g/mol. The lowest BCUT2D eigenvalue weighted by Crippen LogP contribution is -2.47. The van der Waals surface area contributed by atoms with Gasteiger partial charge in [-0.3, -0.25) is 14.9 Å². The van der Waals surface area contributed by atoms with Gasteiger partial charge in [-0.2, -0.15) is 0 Å². The number of aromatic nitrogens is 3. The summed E-state index contributed by atoms with van der Waals surface area (Å²) in [6, 6.07) is -0.546. The molecule has 2 N–H and O–H groups in total. The molecule has 0 fully saturated rings. The summed E-state index contributed by atoms with van der Waals surface area (Å²) < 4.78 is 1.83. The van der Waals surface area contributed by atoms with Gasteiger partial charge < -0.3 is 14.6 Å². The van der Waals surface area contributed by atoms with Crippen molar-refractivity contribution < 1.29 is 19.5 Å². The number of fused-ring (bicyclic) bond motifs is 1. The van der Waals surface area contributed by atoms with Gasteiger partial charge in [0.15, 0.2) is 5.82 Å². The van der Waals surface area contributed by atoms with Crippen molar-refractivity contribution in [2.45, 2.75) is 33.4 Å². The molecule has 1 aromatic heterocycles. The number of hydrogen-bond donors (Lipinski definition) is 2. The monoisotopic (exact) mass is 295 g/mol. The fraction of sp³-hybridized carbons (Fsp3) is 0.583. The minimum atomic E-state index is -1.22. The lowest BCUT2D eigenvalue weighted by molar-refractivity contribution is -0.149. The third-order valence-electron chi connectivity index (χ3n) is 3.35. The highest BCUT2D eigenvalue weighted by molar-refractivity contribution is 5.96. The number of nitrogens with one attached hydrogen (secondary N) is 1. The Morgan fingerprint density at radius 1 is 1.38 bits per heavy atom. The van der Waals surface area contributed by atoms with Crippen LogP contribution in [0.25, 0.3) is 0 Å². The van der Waals surface area contributed by atoms with Crippen LogP contribution in [0.5, 0.6) is 0 Å². The van der Waals surface area contributed by atoms with E-state index in [0.29, 0.717) is 18.9 Å². The van der Waals surface area contributed by atoms with Crippen LogP contribution in [-0.4, -0.2) is 49.2 Å². The summed E-state index contributed by atoms with van der Waals surface area (Å²) in [5.74, 6) is -1.05. The molecule has 0 saturated heterocycles. The van der Waals surface area contributed by atoms with Gasteiger partial charge >= 0.3 is 12.0 Å². The third kappa shape index (κ3) is 3.36. The zero-order valence-corrected chi connectivity index (χ0v) is 11.9. The van der Waals surface area contributed by atoms with Gasteiger partial charge in [-0.25, -0.2) is 4.79 Å². The van der Waals surface area contributed by atoms with Crippen molar-refractivity contribution >= 4 is 17.9 Å². The Kier molecular flexibility index (Phi) is 3.92. The molecule has 9 nitrogen and oxygen atoms in total. The minimum Gasteiger partial charge on any atom is -0.481 e. The van der Waals surface area contributed by atoms with E-state index in [4.69, 9.17) is 5.11 Å². The molecule has 0 radical (unpaired) electrons. The van der Waals surface area contributed by atoms with E-state index >= 15 is 0 Å². The highest BCUT2D eigenvalue weighted by Gasteiger charge is 2.31. The van der Waals surface area contributed by atoms with Crippen molar-refractivity contribution in [3.63, 3.8) is 0 Å². The van der Waals surface area contributed by atoms with Crippen LogP contribution in [0.3, 0.4) is 0 Å². The number of urea groups is 1. The van der Waals surface area contributed by atoms with Gasteiger partial charge in [0.1, 0.15) is 6.33 Å². The van der Waals surface area contributed by atoms with Gasteiger partial charge in [-0.1, -0.05) is 0 Å². The maximum atomic E-state index is 12.0. The zero-order chi connectivity index (χ0) is 15.6. The number of carboxylic acids is 1. The van der Waals surface area contributed by atoms with Gasteiger partial charge in [0, 0.05) is 19.5 Å². The highest BCUT2D eigenvalue weighted by Crippen LogP contribution is 2.20. The van der Waals surface area contributed by atoms with E-state index in [1.54, 1.807) is 6.33 Å². The van der Waals surface area contributed by atoms with Crippen molar-refractivity contribution in [3.8, 4) is 0 Å². The van der Waals surface area contributed by atoms with Gasteiger partial charge in [0.25, 0.3) is 0 Å². The fourth-order valence-electron chi connectivity index (χ4n) is 1.96. The number of carbonyl (C=O) groups is 3. The first-order chi connectivity index (χ1) is 9.79. The molecule has 2 rings (SSSR count). The first-order valence-electron chi connectivity index (χ1n) is 6.48. The predicted octanol–water partition coefficient (Wildman–Crippen LogP) is -0.169. The molecule has 9 heteroatoms. The zero-order valence-electron chi connectivity index (χ0n) is 11.9. The molecule has 114 valence electrons. The second-order valence-corrected chi connectivity index (χ2v) is 5.58. The molecule has 2 heterocycles. The van der Waals surface area contributed by atoms with Crippen LogP contribution >= 0.6 is 0 Å². The van der Waals surface area contributed by atoms with E-state index < -0.39 is 23.3 Å². The van der Waals surface area contributed by atoms with Crippen LogP contribution in [0.15, 0.2) is 6.33 Å². The van der Waals surface area contributed by atoms with Crippen LogP contribution in [0, 0.1) is 5.41 Å². The Balaban J connectivity index is 1.91. The van der Waals surface area contributed by atoms with Crippen LogP contribution < -0.4 is 5.32 Å². The Morgan fingerprint density at radius 2 is 2.10 bits per heavy atom. The van der Waals surface area contributed by atoms with E-state index in [1.165, 1.54) is 18.7 Å². The largest absolute Gasteiger partial charge is 0.481 e. The van der Waals surface area contributed by atoms with Crippen molar-refractivity contribution in [2.24, 2.45) is 5.41 Å². The average molecular weight is 295 g/mol. The van der Waals surface area contributed by atoms with Crippen molar-refractivity contribution in [2.75, 3.05) is 6.54 Å². The van der Waals surface area contributed by atoms with Gasteiger partial charge in [0.2, 0.25) is 5.91 Å². The number of imide groups is 1. The van der Waals surface area contributed by atoms with Crippen LogP contribution in [-0.2, 0) is 22.7 Å². The summed E-state index contributed by atoms with van der Waals surface area (Å²) in [6.07, 6.45) is 1.32. The van der Waals surface area contributed by atoms with Gasteiger partial charge in [-0.15, -0.1) is 10.2 Å². The van der Waals surface area contributed by atoms with E-state index in [9.17, 15) is 14.4 Å². The second kappa shape index (κ2) is 5.51. The quantitative estimate of drug-likeness (QED) is 0.799. The van der Waals surface area contributed by atoms with Crippen molar-refractivity contribution in [3.05, 3.63) is 12.2 Å². The number of amides is 3. The lowest BCUT2D eigenvalue weighted by Gasteiger charge is -2.27. The Morgan fingerprint density at radius 3 is 2.76 bits per heavy atom. The standard InChI is InChI=1S/C12H17N5O4/c1-12(2,10(19)20)5-9(18)14-11(21)16-3-4-17-7-13-15-8(17)6-16/h7H,3-6H2,1-2H3,(H,19,20)(H,14,18,21). The fourth-order valence-corrected chi connectivity index (χ4v) is 1.96. The molecule has 0 aliphatic carbocycles. The van der Waals surface area contributed by atoms with E-state index in [1.807, 2.05) is 4.57 Å². The predicted molar refractivity (Wildman–Crippen MR) is 70.0 cm³/mol. The highest BCUT2D eigenvalue weighted by atomic mass is 16.4. The van der Waals surface area contributed by atoms with Gasteiger partial charge in [-0.05, 0) is 13.8 Å². The first-order valence-corrected chi connectivity index (χ1v) is 6.48. The molecule has 0 atom stereocenters. The molecule has 3 amide bonds. The maximum Gasteiger partial charge on any atom is 0.324 e. The summed E-state index contributed by atoms with van der Waals surface area (Å²) in [5, 5.41) is 18.8. The lowest BCUT2D eigenvalue weighted by atomic mass is 9.89. The molecule has 0 aromatic carbocycles. The first kappa shape index (κ1) is 14.9. The Hall–Kier alpha value is -2.45. The summed E-state index contributed by atoms with van der Waals surface area (Å²) >= 11 is 0. The smallest absolute Gasteiger partial charge is 0.324 e. The molecular formula is C12H17N5O4. The SMILES string of the molecule is CC(C)(CC(=O)NC(=O)N1CCn2cnnc2C1)C(=O)O. The van der Waals surface area contributed by atoms with Crippen molar-refractivity contribution in [1.82, 2.24) is 25.0 Å². The third-order valence-corrected chi connectivity index (χ3v) is 3.35. The molecule has 0 spiro atoms. The number of carbonyl (C=O) groups excluding carboxylic acids is 2. The van der Waals surface area contributed by atoms with Crippen LogP contribution in [0.2, 0.25) is 0 Å². The topological polar surface area (TPSA) is 117 Å². The number of aliphatic carboxylic acids is 1. The number of hydrogen-bond acceptors (Lipinski definition) is 5. The molecule has 1 aliphatic rings. The normalized spacial score (nSPS) is 14.5. The van der Waals surface area contributed by atoms with E-state index in [2.05, 4.69) is 15.5 Å². The van der Waals surface area contributed by atoms with Crippen LogP contribution in [0.1, 0.15) is 26.1 Å².